The summed E-state index contributed by atoms with van der Waals surface area (Å²) in [5, 5.41) is 9.30. The summed E-state index contributed by atoms with van der Waals surface area (Å²) in [6, 6.07) is 10.6. The molecule has 4 rings (SSSR count). The van der Waals surface area contributed by atoms with Crippen LogP contribution < -0.4 is 9.47 Å². The molecule has 2 saturated heterocycles. The molecule has 2 aromatic rings. The zero-order chi connectivity index (χ0) is 53.6. The standard InChI is InChI=1S/C24H32F6N2O5.C20H24F6N2O5/c1-15-7-8-16(17(13-15)36-22(5,6)19(33)37-21(2,3)4)14-31-9-11-32(12-10-31)20(34)35-18(23(25,26)27)24(28,29)30;1-12-4-5-13(14(10-12)33-18(2,3)16(29)30)11-27-6-8-28(9-7-27)17(31)32-15(19(21,22)23)20(24,25)26/h7-8,13,18H,9-12,14H2,1-6H3;4-5,10,15H,6-9,11H2,1-3H3,(H,29,30). The average molecular weight is 1030 g/mol. The minimum atomic E-state index is -5.78. The van der Waals surface area contributed by atoms with Crippen LogP contribution in [0.1, 0.15) is 70.7 Å². The molecule has 0 atom stereocenters. The molecule has 0 spiro atoms. The first-order valence-corrected chi connectivity index (χ1v) is 21.4. The average Bonchev–Trinajstić information content (AvgIpc) is 3.19. The molecule has 0 radical (unpaired) electrons. The monoisotopic (exact) mass is 1030 g/mol. The normalized spacial score (nSPS) is 16.1. The highest BCUT2D eigenvalue weighted by Crippen LogP contribution is 2.38. The lowest BCUT2D eigenvalue weighted by Gasteiger charge is -2.36. The van der Waals surface area contributed by atoms with Gasteiger partial charge in [-0.1, -0.05) is 24.3 Å². The third kappa shape index (κ3) is 17.8. The Morgan fingerprint density at radius 3 is 1.13 bits per heavy atom. The highest BCUT2D eigenvalue weighted by Gasteiger charge is 2.61. The molecule has 26 heteroatoms. The van der Waals surface area contributed by atoms with Crippen LogP contribution in [0.2, 0.25) is 0 Å². The molecule has 2 aromatic carbocycles. The number of nitrogens with zero attached hydrogens (tertiary/aromatic N) is 4. The molecular weight excluding hydrogens is 972 g/mol. The number of carboxylic acid groups (broad SMARTS) is 1. The molecule has 396 valence electrons. The topological polar surface area (TPSA) is 148 Å². The van der Waals surface area contributed by atoms with E-state index < -0.39 is 77.8 Å². The van der Waals surface area contributed by atoms with E-state index in [0.717, 1.165) is 20.9 Å². The number of hydrogen-bond donors (Lipinski definition) is 1. The molecule has 0 unspecified atom stereocenters. The molecular formula is C44H56F12N4O10. The number of halogens is 12. The van der Waals surface area contributed by atoms with E-state index in [1.54, 1.807) is 76.8 Å². The van der Waals surface area contributed by atoms with Crippen molar-refractivity contribution >= 4 is 24.1 Å². The summed E-state index contributed by atoms with van der Waals surface area (Å²) in [6.07, 6.45) is -34.9. The van der Waals surface area contributed by atoms with Crippen molar-refractivity contribution in [3.63, 3.8) is 0 Å². The minimum Gasteiger partial charge on any atom is -0.478 e. The highest BCUT2D eigenvalue weighted by molar-refractivity contribution is 5.79. The van der Waals surface area contributed by atoms with Crippen LogP contribution in [0.5, 0.6) is 11.5 Å². The van der Waals surface area contributed by atoms with Gasteiger partial charge in [0.25, 0.3) is 12.2 Å². The van der Waals surface area contributed by atoms with Gasteiger partial charge in [0.05, 0.1) is 0 Å². The van der Waals surface area contributed by atoms with E-state index in [1.807, 2.05) is 17.9 Å². The molecule has 2 heterocycles. The lowest BCUT2D eigenvalue weighted by molar-refractivity contribution is -0.309. The number of esters is 1. The second-order valence-electron chi connectivity index (χ2n) is 18.5. The number of rotatable bonds is 12. The summed E-state index contributed by atoms with van der Waals surface area (Å²) < 4.78 is 176. The number of ether oxygens (including phenoxy) is 5. The first kappa shape index (κ1) is 58.9. The number of aryl methyl sites for hydroxylation is 2. The van der Waals surface area contributed by atoms with Crippen molar-refractivity contribution in [2.45, 2.75) is 129 Å². The summed E-state index contributed by atoms with van der Waals surface area (Å²) in [5.41, 5.74) is -0.493. The maximum absolute atomic E-state index is 12.7. The van der Waals surface area contributed by atoms with Gasteiger partial charge in [-0.3, -0.25) is 9.80 Å². The molecule has 2 aliphatic heterocycles. The second-order valence-corrected chi connectivity index (χ2v) is 18.5. The number of alkyl halides is 12. The van der Waals surface area contributed by atoms with Gasteiger partial charge in [-0.2, -0.15) is 52.7 Å². The van der Waals surface area contributed by atoms with Crippen LogP contribution in [0.3, 0.4) is 0 Å². The van der Waals surface area contributed by atoms with Crippen LogP contribution in [-0.4, -0.2) is 155 Å². The van der Waals surface area contributed by atoms with Crippen LogP contribution in [0.4, 0.5) is 62.3 Å². The van der Waals surface area contributed by atoms with E-state index >= 15 is 0 Å². The maximum Gasteiger partial charge on any atom is 0.434 e. The summed E-state index contributed by atoms with van der Waals surface area (Å²) in [6.45, 7) is 15.4. The number of hydrogen-bond acceptors (Lipinski definition) is 11. The number of carbonyl (C=O) groups excluding carboxylic acids is 3. The Bertz CT molecular complexity index is 2100. The molecule has 0 aromatic heterocycles. The SMILES string of the molecule is Cc1ccc(CN2CCN(C(=O)OC(C(F)(F)F)C(F)(F)F)CC2)c(OC(C)(C)C(=O)O)c1.Cc1ccc(CN2CCN(C(=O)OC(C(F)(F)F)C(F)(F)F)CC2)c(OC(C)(C)C(=O)OC(C)(C)C)c1. The Kier molecular flexibility index (Phi) is 18.8. The molecule has 1 N–H and O–H groups in total. The molecule has 14 nitrogen and oxygen atoms in total. The van der Waals surface area contributed by atoms with Gasteiger partial charge in [-0.05, 0) is 85.6 Å². The summed E-state index contributed by atoms with van der Waals surface area (Å²) in [4.78, 5) is 53.1. The molecule has 2 fully saturated rings. The lowest BCUT2D eigenvalue weighted by atomic mass is 10.1. The van der Waals surface area contributed by atoms with Gasteiger partial charge in [0.1, 0.15) is 17.1 Å². The van der Waals surface area contributed by atoms with E-state index in [-0.39, 0.29) is 58.9 Å². The quantitative estimate of drug-likeness (QED) is 0.123. The van der Waals surface area contributed by atoms with Crippen LogP contribution >= 0.6 is 0 Å². The van der Waals surface area contributed by atoms with E-state index in [1.165, 1.54) is 13.8 Å². The molecule has 70 heavy (non-hydrogen) atoms. The fourth-order valence-corrected chi connectivity index (χ4v) is 6.46. The van der Waals surface area contributed by atoms with Crippen molar-refractivity contribution in [2.24, 2.45) is 0 Å². The fraction of sp³-hybridized carbons (Fsp3) is 0.636. The van der Waals surface area contributed by atoms with E-state index in [0.29, 0.717) is 29.2 Å². The lowest BCUT2D eigenvalue weighted by Crippen LogP contribution is -2.52. The number of carbonyl (C=O) groups is 4. The van der Waals surface area contributed by atoms with Gasteiger partial charge >= 0.3 is 48.8 Å². The second kappa shape index (κ2) is 22.4. The highest BCUT2D eigenvalue weighted by atomic mass is 19.4. The molecule has 0 aliphatic carbocycles. The smallest absolute Gasteiger partial charge is 0.434 e. The first-order valence-electron chi connectivity index (χ1n) is 21.4. The molecule has 2 amide bonds. The van der Waals surface area contributed by atoms with Crippen molar-refractivity contribution in [1.82, 2.24) is 19.6 Å². The number of carboxylic acids is 1. The zero-order valence-electron chi connectivity index (χ0n) is 39.6. The van der Waals surface area contributed by atoms with Crippen LogP contribution in [0.15, 0.2) is 36.4 Å². The van der Waals surface area contributed by atoms with Crippen molar-refractivity contribution in [3.05, 3.63) is 58.7 Å². The Morgan fingerprint density at radius 2 is 0.843 bits per heavy atom. The van der Waals surface area contributed by atoms with Gasteiger partial charge in [-0.15, -0.1) is 0 Å². The summed E-state index contributed by atoms with van der Waals surface area (Å²) in [5.74, 6) is -0.966. The van der Waals surface area contributed by atoms with Crippen molar-refractivity contribution in [3.8, 4) is 11.5 Å². The minimum absolute atomic E-state index is 0.132. The van der Waals surface area contributed by atoms with Gasteiger partial charge in [0.2, 0.25) is 0 Å². The van der Waals surface area contributed by atoms with Crippen molar-refractivity contribution in [2.75, 3.05) is 52.4 Å². The predicted molar refractivity (Wildman–Crippen MR) is 224 cm³/mol. The van der Waals surface area contributed by atoms with E-state index in [4.69, 9.17) is 14.2 Å². The largest absolute Gasteiger partial charge is 0.478 e. The number of piperazine rings is 2. The molecule has 0 bridgehead atoms. The fourth-order valence-electron chi connectivity index (χ4n) is 6.46. The van der Waals surface area contributed by atoms with E-state index in [2.05, 4.69) is 9.47 Å². The first-order chi connectivity index (χ1) is 31.7. The third-order valence-corrected chi connectivity index (χ3v) is 10.3. The number of aliphatic carboxylic acids is 1. The van der Waals surface area contributed by atoms with Gasteiger partial charge < -0.3 is 38.6 Å². The van der Waals surface area contributed by atoms with E-state index in [9.17, 15) is 77.0 Å². The molecule has 0 saturated carbocycles. The Balaban J connectivity index is 0.000000373. The maximum atomic E-state index is 12.7. The van der Waals surface area contributed by atoms with Crippen LogP contribution in [-0.2, 0) is 36.9 Å². The van der Waals surface area contributed by atoms with Crippen LogP contribution in [0.25, 0.3) is 0 Å². The summed E-state index contributed by atoms with van der Waals surface area (Å²) in [7, 11) is 0. The third-order valence-electron chi connectivity index (χ3n) is 10.3. The van der Waals surface area contributed by atoms with Crippen LogP contribution in [0, 0.1) is 13.8 Å². The summed E-state index contributed by atoms with van der Waals surface area (Å²) >= 11 is 0. The van der Waals surface area contributed by atoms with Gasteiger partial charge in [-0.25, -0.2) is 19.2 Å². The van der Waals surface area contributed by atoms with Crippen molar-refractivity contribution in [1.29, 1.82) is 0 Å². The Morgan fingerprint density at radius 1 is 0.529 bits per heavy atom. The Labute approximate surface area is 395 Å². The van der Waals surface area contributed by atoms with Gasteiger partial charge in [0, 0.05) is 76.6 Å². The predicted octanol–water partition coefficient (Wildman–Crippen LogP) is 9.23. The van der Waals surface area contributed by atoms with Crippen molar-refractivity contribution < 1.29 is 101 Å². The Hall–Kier alpha value is -5.40. The zero-order valence-corrected chi connectivity index (χ0v) is 39.6. The molecule has 2 aliphatic rings. The number of benzene rings is 2. The van der Waals surface area contributed by atoms with Gasteiger partial charge in [0.15, 0.2) is 11.2 Å². The number of amides is 2.